The summed E-state index contributed by atoms with van der Waals surface area (Å²) < 4.78 is 5.60. The van der Waals surface area contributed by atoms with Crippen LogP contribution in [0.3, 0.4) is 0 Å². The first-order valence-electron chi connectivity index (χ1n) is 7.90. The second-order valence-corrected chi connectivity index (χ2v) is 5.79. The zero-order valence-corrected chi connectivity index (χ0v) is 14.2. The monoisotopic (exact) mass is 352 g/mol. The molecule has 126 valence electrons. The van der Waals surface area contributed by atoms with E-state index in [0.717, 1.165) is 11.3 Å². The maximum Gasteiger partial charge on any atom is 0.251 e. The van der Waals surface area contributed by atoms with Gasteiger partial charge < -0.3 is 10.1 Å². The molecule has 3 rings (SSSR count). The van der Waals surface area contributed by atoms with Crippen molar-refractivity contribution in [2.75, 3.05) is 13.2 Å². The highest BCUT2D eigenvalue weighted by atomic mass is 35.5. The van der Waals surface area contributed by atoms with E-state index in [1.54, 1.807) is 30.5 Å². The average Bonchev–Trinajstić information content (AvgIpc) is 2.67. The van der Waals surface area contributed by atoms with Crippen molar-refractivity contribution >= 4 is 17.5 Å². The summed E-state index contributed by atoms with van der Waals surface area (Å²) in [4.78, 5) is 16.3. The summed E-state index contributed by atoms with van der Waals surface area (Å²) in [5.74, 6) is 0.512. The summed E-state index contributed by atoms with van der Waals surface area (Å²) in [6.07, 6.45) is 1.68. The van der Waals surface area contributed by atoms with Gasteiger partial charge in [0, 0.05) is 16.1 Å². The molecule has 4 nitrogen and oxygen atoms in total. The molecule has 1 aromatic heterocycles. The number of nitrogens with one attached hydrogen (secondary N) is 1. The van der Waals surface area contributed by atoms with Gasteiger partial charge in [-0.15, -0.1) is 0 Å². The smallest absolute Gasteiger partial charge is 0.251 e. The van der Waals surface area contributed by atoms with Crippen molar-refractivity contribution in [2.24, 2.45) is 0 Å². The van der Waals surface area contributed by atoms with Crippen molar-refractivity contribution in [2.45, 2.75) is 0 Å². The van der Waals surface area contributed by atoms with Crippen LogP contribution in [0.2, 0.25) is 5.02 Å². The molecule has 0 bridgehead atoms. The number of aromatic nitrogens is 1. The Hall–Kier alpha value is -2.85. The van der Waals surface area contributed by atoms with E-state index in [9.17, 15) is 4.79 Å². The standard InChI is InChI=1S/C20H17ClN2O2/c21-17-8-6-16(7-9-17)20(24)22-12-13-25-18-10-11-19(23-14-18)15-4-2-1-3-5-15/h1-11,14H,12-13H2,(H,22,24). The third-order valence-electron chi connectivity index (χ3n) is 3.57. The number of halogens is 1. The molecule has 0 aliphatic rings. The molecule has 0 radical (unpaired) electrons. The van der Waals surface area contributed by atoms with Crippen molar-refractivity contribution in [3.05, 3.63) is 83.5 Å². The Morgan fingerprint density at radius 3 is 2.44 bits per heavy atom. The van der Waals surface area contributed by atoms with Gasteiger partial charge in [-0.3, -0.25) is 9.78 Å². The fourth-order valence-corrected chi connectivity index (χ4v) is 2.41. The summed E-state index contributed by atoms with van der Waals surface area (Å²) in [6.45, 7) is 0.771. The van der Waals surface area contributed by atoms with Crippen LogP contribution < -0.4 is 10.1 Å². The first-order chi connectivity index (χ1) is 12.2. The Balaban J connectivity index is 1.46. The van der Waals surface area contributed by atoms with Crippen molar-refractivity contribution < 1.29 is 9.53 Å². The Morgan fingerprint density at radius 2 is 1.76 bits per heavy atom. The molecular weight excluding hydrogens is 336 g/mol. The maximum absolute atomic E-state index is 11.9. The number of hydrogen-bond donors (Lipinski definition) is 1. The molecule has 5 heteroatoms. The number of ether oxygens (including phenoxy) is 1. The molecule has 0 aliphatic carbocycles. The van der Waals surface area contributed by atoms with Crippen molar-refractivity contribution in [1.29, 1.82) is 0 Å². The molecule has 0 aliphatic heterocycles. The first-order valence-corrected chi connectivity index (χ1v) is 8.28. The van der Waals surface area contributed by atoms with Crippen molar-refractivity contribution in [3.8, 4) is 17.0 Å². The topological polar surface area (TPSA) is 51.2 Å². The molecule has 0 spiro atoms. The fraction of sp³-hybridized carbons (Fsp3) is 0.100. The lowest BCUT2D eigenvalue weighted by atomic mass is 10.1. The van der Waals surface area contributed by atoms with E-state index in [-0.39, 0.29) is 5.91 Å². The van der Waals surface area contributed by atoms with E-state index >= 15 is 0 Å². The van der Waals surface area contributed by atoms with E-state index in [1.165, 1.54) is 0 Å². The van der Waals surface area contributed by atoms with Gasteiger partial charge in [-0.1, -0.05) is 41.9 Å². The molecule has 1 N–H and O–H groups in total. The summed E-state index contributed by atoms with van der Waals surface area (Å²) >= 11 is 5.80. The van der Waals surface area contributed by atoms with Gasteiger partial charge in [0.25, 0.3) is 5.91 Å². The van der Waals surface area contributed by atoms with Crippen LogP contribution >= 0.6 is 11.6 Å². The quantitative estimate of drug-likeness (QED) is 0.676. The minimum atomic E-state index is -0.155. The highest BCUT2D eigenvalue weighted by Gasteiger charge is 2.04. The van der Waals surface area contributed by atoms with Gasteiger partial charge in [-0.05, 0) is 36.4 Å². The molecule has 25 heavy (non-hydrogen) atoms. The predicted octanol–water partition coefficient (Wildman–Crippen LogP) is 4.21. The predicted molar refractivity (Wildman–Crippen MR) is 99.0 cm³/mol. The van der Waals surface area contributed by atoms with Crippen molar-refractivity contribution in [1.82, 2.24) is 10.3 Å². The van der Waals surface area contributed by atoms with Gasteiger partial charge in [0.15, 0.2) is 0 Å². The third kappa shape index (κ3) is 4.81. The summed E-state index contributed by atoms with van der Waals surface area (Å²) in [7, 11) is 0. The van der Waals surface area contributed by atoms with Crippen LogP contribution in [0.1, 0.15) is 10.4 Å². The Labute approximate surface area is 151 Å². The first kappa shape index (κ1) is 17.0. The third-order valence-corrected chi connectivity index (χ3v) is 3.82. The van der Waals surface area contributed by atoms with Crippen LogP contribution in [0.4, 0.5) is 0 Å². The highest BCUT2D eigenvalue weighted by Crippen LogP contribution is 2.18. The van der Waals surface area contributed by atoms with E-state index in [1.807, 2.05) is 42.5 Å². The largest absolute Gasteiger partial charge is 0.490 e. The van der Waals surface area contributed by atoms with Gasteiger partial charge in [0.05, 0.1) is 18.4 Å². The zero-order chi connectivity index (χ0) is 17.5. The molecule has 0 atom stereocenters. The lowest BCUT2D eigenvalue weighted by Crippen LogP contribution is -2.28. The molecule has 0 unspecified atom stereocenters. The van der Waals surface area contributed by atoms with E-state index in [0.29, 0.717) is 29.5 Å². The average molecular weight is 353 g/mol. The van der Waals surface area contributed by atoms with Gasteiger partial charge in [0.1, 0.15) is 12.4 Å². The Bertz CT molecular complexity index is 819. The molecule has 2 aromatic carbocycles. The van der Waals surface area contributed by atoms with Crippen LogP contribution in [0.25, 0.3) is 11.3 Å². The zero-order valence-electron chi connectivity index (χ0n) is 13.5. The molecule has 1 heterocycles. The highest BCUT2D eigenvalue weighted by molar-refractivity contribution is 6.30. The number of pyridine rings is 1. The number of carbonyl (C=O) groups excluding carboxylic acids is 1. The summed E-state index contributed by atoms with van der Waals surface area (Å²) in [5.41, 5.74) is 2.52. The second-order valence-electron chi connectivity index (χ2n) is 5.36. The van der Waals surface area contributed by atoms with Crippen LogP contribution in [0, 0.1) is 0 Å². The minimum Gasteiger partial charge on any atom is -0.490 e. The van der Waals surface area contributed by atoms with Crippen LogP contribution in [-0.2, 0) is 0 Å². The molecular formula is C20H17ClN2O2. The second kappa shape index (κ2) is 8.31. The molecule has 0 saturated heterocycles. The van der Waals surface area contributed by atoms with Gasteiger partial charge in [0.2, 0.25) is 0 Å². The molecule has 1 amide bonds. The lowest BCUT2D eigenvalue weighted by Gasteiger charge is -2.08. The normalized spacial score (nSPS) is 10.3. The number of rotatable bonds is 6. The molecule has 0 fully saturated rings. The SMILES string of the molecule is O=C(NCCOc1ccc(-c2ccccc2)nc1)c1ccc(Cl)cc1. The van der Waals surface area contributed by atoms with Crippen LogP contribution in [0.5, 0.6) is 5.75 Å². The number of benzene rings is 2. The van der Waals surface area contributed by atoms with E-state index < -0.39 is 0 Å². The Kier molecular flexibility index (Phi) is 5.65. The molecule has 3 aromatic rings. The minimum absolute atomic E-state index is 0.155. The number of carbonyl (C=O) groups is 1. The number of hydrogen-bond acceptors (Lipinski definition) is 3. The van der Waals surface area contributed by atoms with E-state index in [4.69, 9.17) is 16.3 Å². The summed E-state index contributed by atoms with van der Waals surface area (Å²) in [5, 5.41) is 3.40. The summed E-state index contributed by atoms with van der Waals surface area (Å²) in [6, 6.07) is 20.5. The van der Waals surface area contributed by atoms with E-state index in [2.05, 4.69) is 10.3 Å². The fourth-order valence-electron chi connectivity index (χ4n) is 2.28. The lowest BCUT2D eigenvalue weighted by molar-refractivity contribution is 0.0947. The Morgan fingerprint density at radius 1 is 1.00 bits per heavy atom. The number of amides is 1. The van der Waals surface area contributed by atoms with Crippen LogP contribution in [0.15, 0.2) is 72.9 Å². The maximum atomic E-state index is 11.9. The van der Waals surface area contributed by atoms with Gasteiger partial charge in [-0.2, -0.15) is 0 Å². The number of nitrogens with zero attached hydrogens (tertiary/aromatic N) is 1. The molecule has 0 saturated carbocycles. The van der Waals surface area contributed by atoms with Crippen molar-refractivity contribution in [3.63, 3.8) is 0 Å². The van der Waals surface area contributed by atoms with Crippen LogP contribution in [-0.4, -0.2) is 24.0 Å². The van der Waals surface area contributed by atoms with Gasteiger partial charge in [-0.25, -0.2) is 0 Å². The van der Waals surface area contributed by atoms with Gasteiger partial charge >= 0.3 is 0 Å².